The van der Waals surface area contributed by atoms with Crippen molar-refractivity contribution in [3.8, 4) is 28.2 Å². The van der Waals surface area contributed by atoms with Crippen LogP contribution in [0, 0.1) is 39.7 Å². The topological polar surface area (TPSA) is 48.0 Å². The Labute approximate surface area is 285 Å². The molecule has 223 valence electrons. The van der Waals surface area contributed by atoms with Crippen molar-refractivity contribution in [3.05, 3.63) is 150 Å². The van der Waals surface area contributed by atoms with Gasteiger partial charge in [0.1, 0.15) is 0 Å². The number of para-hydroxylation sites is 1. The van der Waals surface area contributed by atoms with E-state index in [4.69, 9.17) is 8.22 Å². The van der Waals surface area contributed by atoms with Crippen LogP contribution in [0.15, 0.2) is 115 Å². The van der Waals surface area contributed by atoms with Crippen molar-refractivity contribution in [1.29, 1.82) is 0 Å². The number of aryl methyl sites for hydroxylation is 3. The number of pyridine rings is 2. The first-order chi connectivity index (χ1) is 23.9. The maximum atomic E-state index is 8.10. The number of rotatable bonds is 3. The summed E-state index contributed by atoms with van der Waals surface area (Å²) in [5, 5.41) is 5.51. The molecule has 0 unspecified atom stereocenters. The molecule has 0 spiro atoms. The summed E-state index contributed by atoms with van der Waals surface area (Å²) >= 11 is 0. The molecule has 8 rings (SSSR count). The Hall–Kier alpha value is -4.90. The van der Waals surface area contributed by atoms with Crippen molar-refractivity contribution in [2.75, 3.05) is 0 Å². The molecule has 6 heteroatoms. The fourth-order valence-electron chi connectivity index (χ4n) is 5.58. The van der Waals surface area contributed by atoms with Crippen LogP contribution in [0.5, 0.6) is 0 Å². The van der Waals surface area contributed by atoms with E-state index >= 15 is 0 Å². The standard InChI is InChI=1S/C22H16N3.C17H15N2.Ir/c1-14-15(2)24-25-21(14)19-11-7-6-10-18(19)20-22(25)17(12-13-23-20)16-8-4-3-5-9-16;1-13-14(2)19(16-11-7-4-8-12-16)17(18-13)15-9-5-3-6-10-15;/h3-9,11-13H,1-2H3;3-9,11-12H,1-2H3;/q2*-1;/i1D3,2D3;;. The first-order valence-electron chi connectivity index (χ1n) is 17.2. The van der Waals surface area contributed by atoms with Crippen molar-refractivity contribution >= 4 is 27.3 Å². The Balaban J connectivity index is 0.000000192. The van der Waals surface area contributed by atoms with Gasteiger partial charge in [-0.25, -0.2) is 4.52 Å². The Bertz CT molecular complexity index is 2470. The Morgan fingerprint density at radius 3 is 2.22 bits per heavy atom. The third-order valence-electron chi connectivity index (χ3n) is 7.76. The van der Waals surface area contributed by atoms with Gasteiger partial charge in [0.15, 0.2) is 0 Å². The molecule has 8 aromatic rings. The molecule has 0 saturated heterocycles. The number of benzene rings is 4. The normalized spacial score (nSPS) is 13.5. The van der Waals surface area contributed by atoms with Crippen LogP contribution < -0.4 is 0 Å². The van der Waals surface area contributed by atoms with E-state index in [0.717, 1.165) is 33.9 Å². The Morgan fingerprint density at radius 1 is 0.733 bits per heavy atom. The second-order valence-corrected chi connectivity index (χ2v) is 10.4. The number of hydrogen-bond acceptors (Lipinski definition) is 3. The van der Waals surface area contributed by atoms with E-state index in [0.29, 0.717) is 21.8 Å². The monoisotopic (exact) mass is 768 g/mol. The van der Waals surface area contributed by atoms with Crippen molar-refractivity contribution in [2.45, 2.75) is 27.6 Å². The number of hydrogen-bond donors (Lipinski definition) is 0. The fraction of sp³-hybridized carbons (Fsp3) is 0.103. The van der Waals surface area contributed by atoms with Crippen LogP contribution in [-0.2, 0) is 20.1 Å². The molecule has 4 aromatic heterocycles. The second kappa shape index (κ2) is 12.6. The second-order valence-electron chi connectivity index (χ2n) is 10.4. The zero-order valence-corrected chi connectivity index (χ0v) is 26.9. The van der Waals surface area contributed by atoms with Gasteiger partial charge in [0.05, 0.1) is 17.0 Å². The number of nitrogens with zero attached hydrogens (tertiary/aromatic N) is 5. The van der Waals surface area contributed by atoms with E-state index in [1.54, 1.807) is 24.4 Å². The molecule has 0 atom stereocenters. The molecule has 0 aliphatic carbocycles. The summed E-state index contributed by atoms with van der Waals surface area (Å²) in [5.41, 5.74) is 6.69. The van der Waals surface area contributed by atoms with Gasteiger partial charge in [0, 0.05) is 68.2 Å². The molecule has 4 aromatic carbocycles. The maximum Gasteiger partial charge on any atom is 0.0624 e. The van der Waals surface area contributed by atoms with E-state index in [1.807, 2.05) is 85.8 Å². The summed E-state index contributed by atoms with van der Waals surface area (Å²) in [6, 6.07) is 41.3. The van der Waals surface area contributed by atoms with Crippen LogP contribution in [0.3, 0.4) is 0 Å². The van der Waals surface area contributed by atoms with Gasteiger partial charge in [-0.15, -0.1) is 65.5 Å². The van der Waals surface area contributed by atoms with Crippen molar-refractivity contribution < 1.29 is 28.3 Å². The largest absolute Gasteiger partial charge is 0.337 e. The van der Waals surface area contributed by atoms with Gasteiger partial charge in [0.25, 0.3) is 0 Å². The van der Waals surface area contributed by atoms with Gasteiger partial charge in [-0.3, -0.25) is 4.98 Å². The zero-order chi connectivity index (χ0) is 35.2. The average Bonchev–Trinajstić information content (AvgIpc) is 3.68. The summed E-state index contributed by atoms with van der Waals surface area (Å²) < 4.78 is 51.7. The zero-order valence-electron chi connectivity index (χ0n) is 30.5. The van der Waals surface area contributed by atoms with E-state index in [-0.39, 0.29) is 31.2 Å². The molecular weight excluding hydrogens is 731 g/mol. The Kier molecular flexibility index (Phi) is 6.58. The molecule has 45 heavy (non-hydrogen) atoms. The fourth-order valence-corrected chi connectivity index (χ4v) is 5.58. The summed E-state index contributed by atoms with van der Waals surface area (Å²) in [4.78, 5) is 9.22. The van der Waals surface area contributed by atoms with Crippen molar-refractivity contribution in [2.24, 2.45) is 0 Å². The third kappa shape index (κ3) is 5.37. The molecule has 0 amide bonds. The first-order valence-corrected chi connectivity index (χ1v) is 14.2. The molecule has 5 nitrogen and oxygen atoms in total. The minimum absolute atomic E-state index is 0. The summed E-state index contributed by atoms with van der Waals surface area (Å²) in [7, 11) is 0. The van der Waals surface area contributed by atoms with E-state index in [9.17, 15) is 0 Å². The Morgan fingerprint density at radius 2 is 1.49 bits per heavy atom. The average molecular weight is 768 g/mol. The van der Waals surface area contributed by atoms with Gasteiger partial charge in [0.2, 0.25) is 0 Å². The molecule has 0 aliphatic rings. The SMILES string of the molecule is Cc1nc(-c2[c-]cccc2)n(-c2ccccc2)c1C.[2H]C([2H])([2H])c1nn2c(c1C([2H])([2H])[2H])c1ccc[c-]c1c1nccc(-c3ccccc3)c12.[Ir]. The molecule has 0 aliphatic heterocycles. The van der Waals surface area contributed by atoms with Gasteiger partial charge in [-0.05, 0) is 56.9 Å². The van der Waals surface area contributed by atoms with Crippen LogP contribution in [-0.4, -0.2) is 24.1 Å². The predicted octanol–water partition coefficient (Wildman–Crippen LogP) is 9.07. The maximum absolute atomic E-state index is 8.10. The number of imidazole rings is 1. The molecule has 0 N–H and O–H groups in total. The summed E-state index contributed by atoms with van der Waals surface area (Å²) in [6.07, 6.45) is 1.68. The van der Waals surface area contributed by atoms with Crippen LogP contribution >= 0.6 is 0 Å². The first kappa shape index (κ1) is 23.5. The molecule has 4 heterocycles. The summed E-state index contributed by atoms with van der Waals surface area (Å²) in [5.74, 6) is 0.946. The van der Waals surface area contributed by atoms with Crippen LogP contribution in [0.25, 0.3) is 55.5 Å². The minimum Gasteiger partial charge on any atom is -0.337 e. The van der Waals surface area contributed by atoms with Gasteiger partial charge < -0.3 is 9.55 Å². The van der Waals surface area contributed by atoms with Gasteiger partial charge in [-0.1, -0.05) is 53.9 Å². The third-order valence-corrected chi connectivity index (χ3v) is 7.76. The van der Waals surface area contributed by atoms with E-state index in [2.05, 4.69) is 50.8 Å². The summed E-state index contributed by atoms with van der Waals surface area (Å²) in [6.45, 7) is -1.22. The molecule has 0 bridgehead atoms. The molecule has 0 fully saturated rings. The van der Waals surface area contributed by atoms with E-state index in [1.165, 1.54) is 10.2 Å². The van der Waals surface area contributed by atoms with Crippen LogP contribution in [0.1, 0.15) is 30.9 Å². The quantitative estimate of drug-likeness (QED) is 0.133. The van der Waals surface area contributed by atoms with Crippen molar-refractivity contribution in [3.63, 3.8) is 0 Å². The van der Waals surface area contributed by atoms with Crippen molar-refractivity contribution in [1.82, 2.24) is 24.1 Å². The smallest absolute Gasteiger partial charge is 0.0624 e. The van der Waals surface area contributed by atoms with Gasteiger partial charge in [-0.2, -0.15) is 5.10 Å². The number of aromatic nitrogens is 5. The minimum atomic E-state index is -2.69. The molecule has 0 saturated carbocycles. The molecule has 1 radical (unpaired) electrons. The predicted molar refractivity (Wildman–Crippen MR) is 179 cm³/mol. The number of fused-ring (bicyclic) bond motifs is 6. The van der Waals surface area contributed by atoms with Gasteiger partial charge >= 0.3 is 0 Å². The van der Waals surface area contributed by atoms with E-state index < -0.39 is 19.4 Å². The van der Waals surface area contributed by atoms with Crippen LogP contribution in [0.4, 0.5) is 0 Å². The van der Waals surface area contributed by atoms with Crippen LogP contribution in [0.2, 0.25) is 0 Å². The molecular formula is C39H31IrN5-2.